The first-order valence-electron chi connectivity index (χ1n) is 9.57. The van der Waals surface area contributed by atoms with Crippen LogP contribution in [0.1, 0.15) is 111 Å². The van der Waals surface area contributed by atoms with Crippen LogP contribution in [0, 0.1) is 17.3 Å². The van der Waals surface area contributed by atoms with Crippen molar-refractivity contribution < 1.29 is 0 Å². The van der Waals surface area contributed by atoms with E-state index in [0.717, 1.165) is 11.8 Å². The van der Waals surface area contributed by atoms with E-state index in [9.17, 15) is 0 Å². The van der Waals surface area contributed by atoms with Gasteiger partial charge in [-0.15, -0.1) is 0 Å². The molecule has 0 saturated heterocycles. The van der Waals surface area contributed by atoms with E-state index >= 15 is 0 Å². The van der Waals surface area contributed by atoms with Gasteiger partial charge in [-0.05, 0) is 49.4 Å². The van der Waals surface area contributed by atoms with Gasteiger partial charge in [-0.25, -0.2) is 0 Å². The summed E-state index contributed by atoms with van der Waals surface area (Å²) < 4.78 is 0. The highest BCUT2D eigenvalue weighted by Crippen LogP contribution is 2.44. The van der Waals surface area contributed by atoms with Crippen LogP contribution in [0.3, 0.4) is 0 Å². The highest BCUT2D eigenvalue weighted by molar-refractivity contribution is 4.83. The molecule has 0 radical (unpaired) electrons. The summed E-state index contributed by atoms with van der Waals surface area (Å²) in [7, 11) is 0. The Balaban J connectivity index is 2.01. The van der Waals surface area contributed by atoms with Gasteiger partial charge in [-0.3, -0.25) is 0 Å². The molecular formula is C20H40. The molecule has 0 atom stereocenters. The van der Waals surface area contributed by atoms with E-state index in [1.807, 2.05) is 0 Å². The monoisotopic (exact) mass is 280 g/mol. The molecule has 1 rings (SSSR count). The summed E-state index contributed by atoms with van der Waals surface area (Å²) in [5.41, 5.74) is 0.688. The van der Waals surface area contributed by atoms with Crippen molar-refractivity contribution in [1.82, 2.24) is 0 Å². The smallest absolute Gasteiger partial charge is 0.0326 e. The molecule has 0 aromatic heterocycles. The summed E-state index contributed by atoms with van der Waals surface area (Å²) in [6.45, 7) is 9.68. The minimum Gasteiger partial charge on any atom is -0.0654 e. The summed E-state index contributed by atoms with van der Waals surface area (Å²) in [6.07, 6.45) is 19.1. The molecule has 1 aliphatic rings. The molecule has 0 nitrogen and oxygen atoms in total. The fourth-order valence-electron chi connectivity index (χ4n) is 3.94. The predicted octanol–water partition coefficient (Wildman–Crippen LogP) is 7.37. The quantitative estimate of drug-likeness (QED) is 0.366. The highest BCUT2D eigenvalue weighted by atomic mass is 14.4. The maximum Gasteiger partial charge on any atom is -0.0326 e. The molecule has 0 bridgehead atoms. The zero-order valence-corrected chi connectivity index (χ0v) is 14.8. The first-order valence-corrected chi connectivity index (χ1v) is 9.57. The van der Waals surface area contributed by atoms with Gasteiger partial charge in [0.25, 0.3) is 0 Å². The molecular weight excluding hydrogens is 240 g/mol. The zero-order chi connectivity index (χ0) is 14.8. The summed E-state index contributed by atoms with van der Waals surface area (Å²) in [4.78, 5) is 0. The van der Waals surface area contributed by atoms with E-state index in [0.29, 0.717) is 5.41 Å². The average Bonchev–Trinajstić information content (AvgIpc) is 2.42. The van der Waals surface area contributed by atoms with Crippen LogP contribution >= 0.6 is 0 Å². The van der Waals surface area contributed by atoms with Gasteiger partial charge in [0.2, 0.25) is 0 Å². The molecule has 0 aromatic carbocycles. The Morgan fingerprint density at radius 3 is 1.85 bits per heavy atom. The molecule has 0 N–H and O–H groups in total. The highest BCUT2D eigenvalue weighted by Gasteiger charge is 2.31. The lowest BCUT2D eigenvalue weighted by molar-refractivity contribution is 0.130. The third-order valence-electron chi connectivity index (χ3n) is 5.81. The SMILES string of the molecule is CCCCCCCCCCC1(C)CCC(C(C)C)CC1. The Hall–Kier alpha value is 0. The second kappa shape index (κ2) is 9.85. The van der Waals surface area contributed by atoms with Crippen molar-refractivity contribution in [3.63, 3.8) is 0 Å². The number of hydrogen-bond acceptors (Lipinski definition) is 0. The Labute approximate surface area is 129 Å². The Morgan fingerprint density at radius 2 is 1.35 bits per heavy atom. The van der Waals surface area contributed by atoms with Gasteiger partial charge in [0, 0.05) is 0 Å². The Morgan fingerprint density at radius 1 is 0.850 bits per heavy atom. The number of unbranched alkanes of at least 4 members (excludes halogenated alkanes) is 7. The Bertz CT molecular complexity index is 220. The molecule has 0 heterocycles. The normalized spacial score (nSPS) is 27.1. The van der Waals surface area contributed by atoms with Gasteiger partial charge in [0.1, 0.15) is 0 Å². The molecule has 0 aromatic rings. The molecule has 1 aliphatic carbocycles. The lowest BCUT2D eigenvalue weighted by atomic mass is 9.67. The van der Waals surface area contributed by atoms with Crippen LogP contribution in [0.4, 0.5) is 0 Å². The summed E-state index contributed by atoms with van der Waals surface area (Å²) in [6, 6.07) is 0. The molecule has 120 valence electrons. The van der Waals surface area contributed by atoms with E-state index in [2.05, 4.69) is 27.7 Å². The topological polar surface area (TPSA) is 0 Å². The molecule has 0 aliphatic heterocycles. The van der Waals surface area contributed by atoms with Gasteiger partial charge in [0.15, 0.2) is 0 Å². The summed E-state index contributed by atoms with van der Waals surface area (Å²) in [5.74, 6) is 1.92. The first kappa shape index (κ1) is 18.1. The maximum atomic E-state index is 2.56. The van der Waals surface area contributed by atoms with Crippen molar-refractivity contribution in [2.75, 3.05) is 0 Å². The van der Waals surface area contributed by atoms with Crippen molar-refractivity contribution in [3.05, 3.63) is 0 Å². The second-order valence-corrected chi connectivity index (χ2v) is 8.12. The van der Waals surface area contributed by atoms with Crippen molar-refractivity contribution in [2.24, 2.45) is 17.3 Å². The van der Waals surface area contributed by atoms with Crippen molar-refractivity contribution in [3.8, 4) is 0 Å². The molecule has 20 heavy (non-hydrogen) atoms. The standard InChI is InChI=1S/C20H40/c1-5-6-7-8-9-10-11-12-15-20(4)16-13-19(14-17-20)18(2)3/h18-19H,5-17H2,1-4H3. The number of rotatable bonds is 10. The first-order chi connectivity index (χ1) is 9.57. The van der Waals surface area contributed by atoms with E-state index in [1.165, 1.54) is 83.5 Å². The molecule has 1 fully saturated rings. The van der Waals surface area contributed by atoms with E-state index in [1.54, 1.807) is 0 Å². The fraction of sp³-hybridized carbons (Fsp3) is 1.00. The van der Waals surface area contributed by atoms with Gasteiger partial charge in [0.05, 0.1) is 0 Å². The van der Waals surface area contributed by atoms with Gasteiger partial charge >= 0.3 is 0 Å². The summed E-state index contributed by atoms with van der Waals surface area (Å²) in [5, 5.41) is 0. The summed E-state index contributed by atoms with van der Waals surface area (Å²) >= 11 is 0. The van der Waals surface area contributed by atoms with Crippen LogP contribution in [0.25, 0.3) is 0 Å². The van der Waals surface area contributed by atoms with E-state index in [-0.39, 0.29) is 0 Å². The largest absolute Gasteiger partial charge is 0.0654 e. The predicted molar refractivity (Wildman–Crippen MR) is 92.1 cm³/mol. The van der Waals surface area contributed by atoms with Gasteiger partial charge in [-0.1, -0.05) is 79.1 Å². The van der Waals surface area contributed by atoms with Crippen LogP contribution in [0.15, 0.2) is 0 Å². The lowest BCUT2D eigenvalue weighted by Gasteiger charge is -2.39. The third-order valence-corrected chi connectivity index (χ3v) is 5.81. The fourth-order valence-corrected chi connectivity index (χ4v) is 3.94. The van der Waals surface area contributed by atoms with Crippen molar-refractivity contribution in [1.29, 1.82) is 0 Å². The van der Waals surface area contributed by atoms with E-state index < -0.39 is 0 Å². The lowest BCUT2D eigenvalue weighted by Crippen LogP contribution is -2.26. The molecule has 0 spiro atoms. The Kier molecular flexibility index (Phi) is 8.89. The molecule has 1 saturated carbocycles. The molecule has 0 unspecified atom stereocenters. The van der Waals surface area contributed by atoms with Crippen LogP contribution in [0.5, 0.6) is 0 Å². The second-order valence-electron chi connectivity index (χ2n) is 8.12. The van der Waals surface area contributed by atoms with E-state index in [4.69, 9.17) is 0 Å². The van der Waals surface area contributed by atoms with Gasteiger partial charge in [-0.2, -0.15) is 0 Å². The minimum atomic E-state index is 0.688. The molecule has 0 heteroatoms. The van der Waals surface area contributed by atoms with Crippen molar-refractivity contribution in [2.45, 2.75) is 111 Å². The third kappa shape index (κ3) is 7.14. The van der Waals surface area contributed by atoms with Crippen LogP contribution in [-0.2, 0) is 0 Å². The van der Waals surface area contributed by atoms with Crippen LogP contribution in [0.2, 0.25) is 0 Å². The maximum absolute atomic E-state index is 2.56. The van der Waals surface area contributed by atoms with Crippen LogP contribution < -0.4 is 0 Å². The zero-order valence-electron chi connectivity index (χ0n) is 14.8. The number of hydrogen-bond donors (Lipinski definition) is 0. The van der Waals surface area contributed by atoms with Gasteiger partial charge < -0.3 is 0 Å². The van der Waals surface area contributed by atoms with Crippen molar-refractivity contribution >= 4 is 0 Å². The molecule has 0 amide bonds. The minimum absolute atomic E-state index is 0.688. The van der Waals surface area contributed by atoms with Crippen LogP contribution in [-0.4, -0.2) is 0 Å². The average molecular weight is 281 g/mol.